The molecule has 1 heterocycles. The molecule has 2 rings (SSSR count). The number of hydrogen-bond donors (Lipinski definition) is 1. The number of alkyl halides is 2. The molecule has 104 valence electrons. The lowest BCUT2D eigenvalue weighted by molar-refractivity contribution is -0.163. The van der Waals surface area contributed by atoms with Crippen molar-refractivity contribution in [2.45, 2.75) is 56.6 Å². The third-order valence-electron chi connectivity index (χ3n) is 4.69. The van der Waals surface area contributed by atoms with Crippen LogP contribution in [0.25, 0.3) is 0 Å². The Morgan fingerprint density at radius 3 is 2.17 bits per heavy atom. The highest BCUT2D eigenvalue weighted by atomic mass is 32.2. The maximum absolute atomic E-state index is 13.3. The number of halogens is 2. The molecule has 0 bridgehead atoms. The number of rotatable bonds is 2. The Morgan fingerprint density at radius 2 is 1.78 bits per heavy atom. The van der Waals surface area contributed by atoms with E-state index in [0.29, 0.717) is 0 Å². The van der Waals surface area contributed by atoms with Crippen LogP contribution >= 0.6 is 11.8 Å². The Labute approximate surface area is 111 Å². The topological polar surface area (TPSA) is 37.3 Å². The SMILES string of the molecule is CC1(C)SCCC1C1(C(=O)O)CCC(F)(F)CC1. The van der Waals surface area contributed by atoms with Gasteiger partial charge in [0.05, 0.1) is 5.41 Å². The number of aliphatic carboxylic acids is 1. The van der Waals surface area contributed by atoms with E-state index in [4.69, 9.17) is 0 Å². The number of thioether (sulfide) groups is 1. The van der Waals surface area contributed by atoms with Gasteiger partial charge in [-0.25, -0.2) is 8.78 Å². The molecule has 0 aromatic rings. The molecule has 0 radical (unpaired) electrons. The van der Waals surface area contributed by atoms with Crippen LogP contribution in [0, 0.1) is 11.3 Å². The van der Waals surface area contributed by atoms with Crippen molar-refractivity contribution in [3.63, 3.8) is 0 Å². The molecule has 0 aromatic carbocycles. The normalized spacial score (nSPS) is 33.2. The molecular formula is C13H20F2O2S. The van der Waals surface area contributed by atoms with Crippen molar-refractivity contribution >= 4 is 17.7 Å². The van der Waals surface area contributed by atoms with E-state index in [1.807, 2.05) is 13.8 Å². The van der Waals surface area contributed by atoms with Crippen molar-refractivity contribution in [2.75, 3.05) is 5.75 Å². The van der Waals surface area contributed by atoms with Gasteiger partial charge in [0.1, 0.15) is 0 Å². The van der Waals surface area contributed by atoms with Crippen molar-refractivity contribution in [3.8, 4) is 0 Å². The summed E-state index contributed by atoms with van der Waals surface area (Å²) in [6.07, 6.45) is 0.497. The first kappa shape index (κ1) is 14.1. The molecule has 18 heavy (non-hydrogen) atoms. The number of carboxylic acids is 1. The zero-order valence-corrected chi connectivity index (χ0v) is 11.7. The average Bonchev–Trinajstić information content (AvgIpc) is 2.59. The molecule has 2 nitrogen and oxygen atoms in total. The first-order chi connectivity index (χ1) is 8.20. The van der Waals surface area contributed by atoms with Gasteiger partial charge >= 0.3 is 5.97 Å². The van der Waals surface area contributed by atoms with Gasteiger partial charge in [-0.1, -0.05) is 13.8 Å². The fourth-order valence-corrected chi connectivity index (χ4v) is 5.03. The lowest BCUT2D eigenvalue weighted by Crippen LogP contribution is -2.49. The number of carbonyl (C=O) groups is 1. The molecule has 2 fully saturated rings. The van der Waals surface area contributed by atoms with Gasteiger partial charge in [0.2, 0.25) is 5.92 Å². The van der Waals surface area contributed by atoms with Crippen LogP contribution in [0.3, 0.4) is 0 Å². The minimum Gasteiger partial charge on any atom is -0.481 e. The lowest BCUT2D eigenvalue weighted by atomic mass is 9.61. The molecule has 1 atom stereocenters. The minimum atomic E-state index is -2.67. The van der Waals surface area contributed by atoms with Crippen LogP contribution in [0.5, 0.6) is 0 Å². The number of hydrogen-bond acceptors (Lipinski definition) is 2. The zero-order valence-electron chi connectivity index (χ0n) is 10.8. The molecule has 1 saturated heterocycles. The summed E-state index contributed by atoms with van der Waals surface area (Å²) in [6, 6.07) is 0. The van der Waals surface area contributed by atoms with Crippen LogP contribution in [0.4, 0.5) is 8.78 Å². The summed E-state index contributed by atoms with van der Waals surface area (Å²) in [4.78, 5) is 11.7. The van der Waals surface area contributed by atoms with Crippen molar-refractivity contribution < 1.29 is 18.7 Å². The predicted octanol–water partition coefficient (Wildman–Crippen LogP) is 3.80. The molecule has 1 unspecified atom stereocenters. The Morgan fingerprint density at radius 1 is 1.22 bits per heavy atom. The van der Waals surface area contributed by atoms with E-state index in [1.54, 1.807) is 11.8 Å². The third-order valence-corrected chi connectivity index (χ3v) is 6.15. The third kappa shape index (κ3) is 2.26. The Kier molecular flexibility index (Phi) is 3.41. The van der Waals surface area contributed by atoms with Crippen molar-refractivity contribution in [1.82, 2.24) is 0 Å². The quantitative estimate of drug-likeness (QED) is 0.835. The van der Waals surface area contributed by atoms with E-state index in [1.165, 1.54) is 0 Å². The van der Waals surface area contributed by atoms with Crippen molar-refractivity contribution in [3.05, 3.63) is 0 Å². The second-order valence-electron chi connectivity index (χ2n) is 6.11. The van der Waals surface area contributed by atoms with Gasteiger partial charge in [-0.2, -0.15) is 11.8 Å². The molecule has 2 aliphatic rings. The van der Waals surface area contributed by atoms with Gasteiger partial charge in [-0.3, -0.25) is 4.79 Å². The molecular weight excluding hydrogens is 258 g/mol. The second-order valence-corrected chi connectivity index (χ2v) is 7.86. The largest absolute Gasteiger partial charge is 0.481 e. The van der Waals surface area contributed by atoms with Gasteiger partial charge < -0.3 is 5.11 Å². The minimum absolute atomic E-state index is 0.00333. The van der Waals surface area contributed by atoms with Gasteiger partial charge in [-0.05, 0) is 30.9 Å². The zero-order chi connectivity index (χ0) is 13.6. The highest BCUT2D eigenvalue weighted by molar-refractivity contribution is 8.00. The summed E-state index contributed by atoms with van der Waals surface area (Å²) in [5.74, 6) is -2.61. The van der Waals surface area contributed by atoms with Crippen molar-refractivity contribution in [1.29, 1.82) is 0 Å². The Balaban J connectivity index is 2.27. The van der Waals surface area contributed by atoms with Crippen LogP contribution in [-0.2, 0) is 4.79 Å². The van der Waals surface area contributed by atoms with E-state index >= 15 is 0 Å². The highest BCUT2D eigenvalue weighted by Crippen LogP contribution is 2.57. The van der Waals surface area contributed by atoms with E-state index in [-0.39, 0.29) is 36.3 Å². The molecule has 1 aliphatic heterocycles. The average molecular weight is 278 g/mol. The van der Waals surface area contributed by atoms with Crippen molar-refractivity contribution in [2.24, 2.45) is 11.3 Å². The predicted molar refractivity (Wildman–Crippen MR) is 68.1 cm³/mol. The maximum Gasteiger partial charge on any atom is 0.309 e. The summed E-state index contributed by atoms with van der Waals surface area (Å²) in [6.45, 7) is 4.10. The summed E-state index contributed by atoms with van der Waals surface area (Å²) in [5.41, 5.74) is -0.936. The Bertz CT molecular complexity index is 345. The monoisotopic (exact) mass is 278 g/mol. The van der Waals surface area contributed by atoms with Gasteiger partial charge in [0, 0.05) is 17.6 Å². The molecule has 0 amide bonds. The molecule has 1 saturated carbocycles. The molecule has 0 aromatic heterocycles. The highest BCUT2D eigenvalue weighted by Gasteiger charge is 2.57. The van der Waals surface area contributed by atoms with Gasteiger partial charge in [0.15, 0.2) is 0 Å². The van der Waals surface area contributed by atoms with Crippen LogP contribution < -0.4 is 0 Å². The second kappa shape index (κ2) is 4.36. The summed E-state index contributed by atoms with van der Waals surface area (Å²) < 4.78 is 26.5. The fraction of sp³-hybridized carbons (Fsp3) is 0.923. The van der Waals surface area contributed by atoms with Gasteiger partial charge in [-0.15, -0.1) is 0 Å². The first-order valence-corrected chi connectivity index (χ1v) is 7.43. The molecule has 1 N–H and O–H groups in total. The van der Waals surface area contributed by atoms with E-state index in [9.17, 15) is 18.7 Å². The fourth-order valence-electron chi connectivity index (χ4n) is 3.60. The van der Waals surface area contributed by atoms with E-state index in [2.05, 4.69) is 0 Å². The van der Waals surface area contributed by atoms with Crippen LogP contribution in [0.15, 0.2) is 0 Å². The van der Waals surface area contributed by atoms with Crippen LogP contribution in [0.1, 0.15) is 46.0 Å². The van der Waals surface area contributed by atoms with Crippen LogP contribution in [0.2, 0.25) is 0 Å². The summed E-state index contributed by atoms with van der Waals surface area (Å²) in [7, 11) is 0. The lowest BCUT2D eigenvalue weighted by Gasteiger charge is -2.45. The van der Waals surface area contributed by atoms with Crippen LogP contribution in [-0.4, -0.2) is 27.5 Å². The van der Waals surface area contributed by atoms with E-state index < -0.39 is 17.3 Å². The summed E-state index contributed by atoms with van der Waals surface area (Å²) in [5, 5.41) is 9.60. The standard InChI is InChI=1S/C13H20F2O2S/c1-11(2)9(3-8-18-11)12(10(16)17)4-6-13(14,15)7-5-12/h9H,3-8H2,1-2H3,(H,16,17). The maximum atomic E-state index is 13.3. The molecule has 0 spiro atoms. The Hall–Kier alpha value is -0.320. The van der Waals surface area contributed by atoms with Gasteiger partial charge in [0.25, 0.3) is 0 Å². The first-order valence-electron chi connectivity index (χ1n) is 6.45. The number of carboxylic acid groups (broad SMARTS) is 1. The molecule has 5 heteroatoms. The summed E-state index contributed by atoms with van der Waals surface area (Å²) >= 11 is 1.77. The smallest absolute Gasteiger partial charge is 0.309 e. The van der Waals surface area contributed by atoms with E-state index in [0.717, 1.165) is 12.2 Å². The molecule has 1 aliphatic carbocycles.